The molecule has 0 saturated heterocycles. The number of nitrogens with one attached hydrogen (secondary N) is 2. The van der Waals surface area contributed by atoms with Gasteiger partial charge in [-0.3, -0.25) is 4.79 Å². The van der Waals surface area contributed by atoms with Crippen molar-refractivity contribution in [2.75, 3.05) is 33.6 Å². The van der Waals surface area contributed by atoms with Crippen LogP contribution in [0, 0.1) is 0 Å². The van der Waals surface area contributed by atoms with Crippen LogP contribution >= 0.6 is 11.8 Å². The maximum Gasteiger partial charge on any atom is 0.267 e. The van der Waals surface area contributed by atoms with Crippen molar-refractivity contribution in [2.45, 2.75) is 11.3 Å². The molecular weight excluding hydrogens is 376 g/mol. The van der Waals surface area contributed by atoms with Gasteiger partial charge in [-0.2, -0.15) is 0 Å². The second-order valence-electron chi connectivity index (χ2n) is 6.06. The molecule has 6 nitrogen and oxygen atoms in total. The van der Waals surface area contributed by atoms with Gasteiger partial charge in [0.2, 0.25) is 0 Å². The van der Waals surface area contributed by atoms with Crippen LogP contribution in [0.25, 0.3) is 10.9 Å². The molecule has 0 aliphatic heterocycles. The molecule has 1 aromatic heterocycles. The Balaban J connectivity index is 1.65. The van der Waals surface area contributed by atoms with Crippen LogP contribution in [-0.4, -0.2) is 44.5 Å². The molecule has 0 atom stereocenters. The number of carbonyl (C=O) groups excluding carboxylic acids is 1. The lowest BCUT2D eigenvalue weighted by Gasteiger charge is -2.11. The molecule has 0 aliphatic carbocycles. The molecule has 0 fully saturated rings. The fourth-order valence-corrected chi connectivity index (χ4v) is 3.81. The maximum atomic E-state index is 12.5. The van der Waals surface area contributed by atoms with E-state index >= 15 is 0 Å². The summed E-state index contributed by atoms with van der Waals surface area (Å²) in [6, 6.07) is 13.7. The molecule has 0 spiro atoms. The molecule has 2 aromatic carbocycles. The molecule has 148 valence electrons. The topological polar surface area (TPSA) is 72.6 Å². The quantitative estimate of drug-likeness (QED) is 0.418. The van der Waals surface area contributed by atoms with E-state index in [9.17, 15) is 4.79 Å². The molecule has 3 rings (SSSR count). The summed E-state index contributed by atoms with van der Waals surface area (Å²) in [5.41, 5.74) is 1.12. The number of amides is 1. The zero-order chi connectivity index (χ0) is 19.9. The second-order valence-corrected chi connectivity index (χ2v) is 7.23. The van der Waals surface area contributed by atoms with E-state index in [1.54, 1.807) is 45.2 Å². The Bertz CT molecular complexity index is 940. The first-order valence-electron chi connectivity index (χ1n) is 8.95. The second kappa shape index (κ2) is 9.41. The molecule has 0 saturated carbocycles. The SMILES string of the molecule is COc1cc(OC)c2cc(C(=O)NCCCSc3ccccc3)[nH]c2c1OC. The van der Waals surface area contributed by atoms with Crippen LogP contribution in [-0.2, 0) is 0 Å². The molecule has 0 unspecified atom stereocenters. The van der Waals surface area contributed by atoms with Crippen molar-refractivity contribution >= 4 is 28.6 Å². The highest BCUT2D eigenvalue weighted by atomic mass is 32.2. The van der Waals surface area contributed by atoms with Crippen LogP contribution in [0.2, 0.25) is 0 Å². The highest BCUT2D eigenvalue weighted by Crippen LogP contribution is 2.41. The smallest absolute Gasteiger partial charge is 0.267 e. The Kier molecular flexibility index (Phi) is 6.71. The van der Waals surface area contributed by atoms with Gasteiger partial charge in [-0.1, -0.05) is 18.2 Å². The number of rotatable bonds is 9. The zero-order valence-electron chi connectivity index (χ0n) is 16.2. The van der Waals surface area contributed by atoms with Gasteiger partial charge in [-0.05, 0) is 30.4 Å². The largest absolute Gasteiger partial charge is 0.496 e. The monoisotopic (exact) mass is 400 g/mol. The van der Waals surface area contributed by atoms with Crippen LogP contribution in [0.1, 0.15) is 16.9 Å². The minimum atomic E-state index is -0.163. The fourth-order valence-electron chi connectivity index (χ4n) is 2.94. The lowest BCUT2D eigenvalue weighted by Crippen LogP contribution is -2.25. The number of aromatic nitrogens is 1. The van der Waals surface area contributed by atoms with Crippen molar-refractivity contribution in [2.24, 2.45) is 0 Å². The van der Waals surface area contributed by atoms with Crippen molar-refractivity contribution in [3.63, 3.8) is 0 Å². The summed E-state index contributed by atoms with van der Waals surface area (Å²) in [5.74, 6) is 2.47. The summed E-state index contributed by atoms with van der Waals surface area (Å²) in [7, 11) is 4.71. The lowest BCUT2D eigenvalue weighted by atomic mass is 10.2. The highest BCUT2D eigenvalue weighted by Gasteiger charge is 2.19. The van der Waals surface area contributed by atoms with E-state index in [1.807, 2.05) is 18.2 Å². The zero-order valence-corrected chi connectivity index (χ0v) is 17.0. The van der Waals surface area contributed by atoms with E-state index in [0.29, 0.717) is 35.0 Å². The standard InChI is InChI=1S/C21H24N2O4S/c1-25-17-13-18(26-2)20(27-3)19-15(17)12-16(23-19)21(24)22-10-7-11-28-14-8-5-4-6-9-14/h4-6,8-9,12-13,23H,7,10-11H2,1-3H3,(H,22,24). The number of fused-ring (bicyclic) bond motifs is 1. The van der Waals surface area contributed by atoms with Gasteiger partial charge in [0.25, 0.3) is 5.91 Å². The first-order chi connectivity index (χ1) is 13.7. The minimum Gasteiger partial charge on any atom is -0.496 e. The summed E-state index contributed by atoms with van der Waals surface area (Å²) in [6.45, 7) is 0.603. The predicted molar refractivity (Wildman–Crippen MR) is 112 cm³/mol. The number of aromatic amines is 1. The fraction of sp³-hybridized carbons (Fsp3) is 0.286. The van der Waals surface area contributed by atoms with Gasteiger partial charge >= 0.3 is 0 Å². The van der Waals surface area contributed by atoms with Gasteiger partial charge in [-0.15, -0.1) is 11.8 Å². The van der Waals surface area contributed by atoms with Gasteiger partial charge in [-0.25, -0.2) is 0 Å². The molecule has 7 heteroatoms. The number of carbonyl (C=O) groups is 1. The Hall–Kier alpha value is -2.80. The number of hydrogen-bond acceptors (Lipinski definition) is 5. The molecule has 28 heavy (non-hydrogen) atoms. The third kappa shape index (κ3) is 4.36. The number of benzene rings is 2. The normalized spacial score (nSPS) is 10.7. The summed E-state index contributed by atoms with van der Waals surface area (Å²) >= 11 is 1.78. The summed E-state index contributed by atoms with van der Waals surface area (Å²) in [4.78, 5) is 16.9. The summed E-state index contributed by atoms with van der Waals surface area (Å²) < 4.78 is 16.2. The van der Waals surface area contributed by atoms with Gasteiger partial charge in [0.1, 0.15) is 11.4 Å². The van der Waals surface area contributed by atoms with E-state index in [2.05, 4.69) is 22.4 Å². The molecule has 1 heterocycles. The molecular formula is C21H24N2O4S. The predicted octanol–water partition coefficient (Wildman–Crippen LogP) is 4.11. The van der Waals surface area contributed by atoms with Gasteiger partial charge in [0.15, 0.2) is 11.5 Å². The molecule has 3 aromatic rings. The summed E-state index contributed by atoms with van der Waals surface area (Å²) in [6.07, 6.45) is 0.881. The Labute approximate surface area is 168 Å². The van der Waals surface area contributed by atoms with Crippen molar-refractivity contribution in [1.82, 2.24) is 10.3 Å². The Morgan fingerprint density at radius 3 is 2.46 bits per heavy atom. The molecule has 0 aliphatic rings. The third-order valence-corrected chi connectivity index (χ3v) is 5.40. The van der Waals surface area contributed by atoms with Crippen molar-refractivity contribution in [3.8, 4) is 17.2 Å². The van der Waals surface area contributed by atoms with Gasteiger partial charge < -0.3 is 24.5 Å². The van der Waals surface area contributed by atoms with E-state index in [1.165, 1.54) is 4.90 Å². The average molecular weight is 401 g/mol. The number of ether oxygens (including phenoxy) is 3. The highest BCUT2D eigenvalue weighted by molar-refractivity contribution is 7.99. The van der Waals surface area contributed by atoms with Crippen molar-refractivity contribution < 1.29 is 19.0 Å². The van der Waals surface area contributed by atoms with E-state index in [0.717, 1.165) is 17.6 Å². The number of hydrogen-bond donors (Lipinski definition) is 2. The number of methoxy groups -OCH3 is 3. The van der Waals surface area contributed by atoms with Gasteiger partial charge in [0.05, 0.1) is 26.8 Å². The first kappa shape index (κ1) is 19.9. The molecule has 1 amide bonds. The van der Waals surface area contributed by atoms with Crippen LogP contribution in [0.4, 0.5) is 0 Å². The molecule has 0 bridgehead atoms. The van der Waals surface area contributed by atoms with Crippen molar-refractivity contribution in [1.29, 1.82) is 0 Å². The third-order valence-electron chi connectivity index (χ3n) is 4.30. The molecule has 2 N–H and O–H groups in total. The van der Waals surface area contributed by atoms with Crippen LogP contribution in [0.15, 0.2) is 47.4 Å². The van der Waals surface area contributed by atoms with E-state index < -0.39 is 0 Å². The van der Waals surface area contributed by atoms with Crippen molar-refractivity contribution in [3.05, 3.63) is 48.2 Å². The Morgan fingerprint density at radius 1 is 1.04 bits per heavy atom. The van der Waals surface area contributed by atoms with Crippen LogP contribution in [0.5, 0.6) is 17.2 Å². The van der Waals surface area contributed by atoms with E-state index in [-0.39, 0.29) is 5.91 Å². The van der Waals surface area contributed by atoms with Crippen LogP contribution < -0.4 is 19.5 Å². The number of H-pyrrole nitrogens is 1. The first-order valence-corrected chi connectivity index (χ1v) is 9.94. The average Bonchev–Trinajstić information content (AvgIpc) is 3.18. The van der Waals surface area contributed by atoms with E-state index in [4.69, 9.17) is 14.2 Å². The minimum absolute atomic E-state index is 0.163. The Morgan fingerprint density at radius 2 is 1.79 bits per heavy atom. The molecule has 0 radical (unpaired) electrons. The van der Waals surface area contributed by atoms with Crippen LogP contribution in [0.3, 0.4) is 0 Å². The van der Waals surface area contributed by atoms with Gasteiger partial charge in [0, 0.05) is 22.9 Å². The summed E-state index contributed by atoms with van der Waals surface area (Å²) in [5, 5.41) is 3.72. The lowest BCUT2D eigenvalue weighted by molar-refractivity contribution is 0.0949. The number of thioether (sulfide) groups is 1. The maximum absolute atomic E-state index is 12.5.